The highest BCUT2D eigenvalue weighted by molar-refractivity contribution is 5.94. The number of nitrogens with zero attached hydrogens (tertiary/aromatic N) is 5. The van der Waals surface area contributed by atoms with Gasteiger partial charge in [0.2, 0.25) is 5.82 Å². The molecule has 0 aliphatic carbocycles. The number of piperidine rings is 1. The summed E-state index contributed by atoms with van der Waals surface area (Å²) in [5.74, 6) is 0.828. The van der Waals surface area contributed by atoms with Gasteiger partial charge in [0.1, 0.15) is 11.6 Å². The number of benzene rings is 2. The third kappa shape index (κ3) is 3.71. The predicted octanol–water partition coefficient (Wildman–Crippen LogP) is 2.97. The third-order valence-corrected chi connectivity index (χ3v) is 4.88. The van der Waals surface area contributed by atoms with E-state index >= 15 is 0 Å². The van der Waals surface area contributed by atoms with Crippen LogP contribution in [0.5, 0.6) is 5.75 Å². The van der Waals surface area contributed by atoms with Gasteiger partial charge in [-0.3, -0.25) is 4.79 Å². The maximum Gasteiger partial charge on any atom is 0.253 e. The summed E-state index contributed by atoms with van der Waals surface area (Å²) >= 11 is 0. The van der Waals surface area contributed by atoms with Crippen LogP contribution in [0.4, 0.5) is 4.39 Å². The van der Waals surface area contributed by atoms with Gasteiger partial charge in [-0.25, -0.2) is 4.39 Å². The SMILES string of the molecule is COc1ccc(-c2nnn([C@H]3CCCN(C(=O)c4ccc(F)cc4)C3)n2)cc1. The molecule has 0 saturated carbocycles. The smallest absolute Gasteiger partial charge is 0.253 e. The summed E-state index contributed by atoms with van der Waals surface area (Å²) < 4.78 is 18.3. The number of carbonyl (C=O) groups is 1. The van der Waals surface area contributed by atoms with Gasteiger partial charge < -0.3 is 9.64 Å². The molecule has 1 fully saturated rings. The molecule has 1 saturated heterocycles. The van der Waals surface area contributed by atoms with E-state index < -0.39 is 0 Å². The zero-order chi connectivity index (χ0) is 19.5. The molecule has 2 aromatic carbocycles. The standard InChI is InChI=1S/C20H20FN5O2/c1-28-18-10-6-14(7-11-18)19-22-24-26(23-19)17-3-2-12-25(13-17)20(27)15-4-8-16(21)9-5-15/h4-11,17H,2-3,12-13H2,1H3/t17-/m0/s1. The second-order valence-corrected chi connectivity index (χ2v) is 6.72. The second-order valence-electron chi connectivity index (χ2n) is 6.72. The number of carbonyl (C=O) groups excluding carboxylic acids is 1. The van der Waals surface area contributed by atoms with Crippen molar-refractivity contribution in [1.82, 2.24) is 25.1 Å². The molecule has 144 valence electrons. The van der Waals surface area contributed by atoms with Gasteiger partial charge in [-0.1, -0.05) is 0 Å². The molecule has 1 aromatic heterocycles. The van der Waals surface area contributed by atoms with Crippen LogP contribution in [0.2, 0.25) is 0 Å². The van der Waals surface area contributed by atoms with Crippen LogP contribution in [0.1, 0.15) is 29.2 Å². The van der Waals surface area contributed by atoms with Crippen LogP contribution in [0.25, 0.3) is 11.4 Å². The van der Waals surface area contributed by atoms with Crippen LogP contribution in [0.3, 0.4) is 0 Å². The topological polar surface area (TPSA) is 73.1 Å². The first-order chi connectivity index (χ1) is 13.6. The lowest BCUT2D eigenvalue weighted by Crippen LogP contribution is -2.41. The summed E-state index contributed by atoms with van der Waals surface area (Å²) in [5, 5.41) is 12.8. The van der Waals surface area contributed by atoms with Crippen molar-refractivity contribution in [2.24, 2.45) is 0 Å². The Morgan fingerprint density at radius 3 is 2.61 bits per heavy atom. The molecule has 0 radical (unpaired) electrons. The van der Waals surface area contributed by atoms with Crippen molar-refractivity contribution >= 4 is 5.91 Å². The molecule has 2 heterocycles. The van der Waals surface area contributed by atoms with E-state index in [9.17, 15) is 9.18 Å². The largest absolute Gasteiger partial charge is 0.497 e. The van der Waals surface area contributed by atoms with Crippen molar-refractivity contribution in [2.45, 2.75) is 18.9 Å². The van der Waals surface area contributed by atoms with E-state index in [1.54, 1.807) is 16.8 Å². The first kappa shape index (κ1) is 18.1. The van der Waals surface area contributed by atoms with Crippen LogP contribution in [-0.2, 0) is 0 Å². The number of methoxy groups -OCH3 is 1. The number of likely N-dealkylation sites (tertiary alicyclic amines) is 1. The average Bonchev–Trinajstić information content (AvgIpc) is 3.24. The first-order valence-corrected chi connectivity index (χ1v) is 9.13. The van der Waals surface area contributed by atoms with Gasteiger partial charge in [0.05, 0.1) is 13.2 Å². The molecule has 1 aliphatic rings. The summed E-state index contributed by atoms with van der Waals surface area (Å²) in [6.07, 6.45) is 1.71. The molecule has 1 atom stereocenters. The lowest BCUT2D eigenvalue weighted by atomic mass is 10.0. The highest BCUT2D eigenvalue weighted by atomic mass is 19.1. The van der Waals surface area contributed by atoms with Crippen LogP contribution < -0.4 is 4.74 Å². The van der Waals surface area contributed by atoms with E-state index in [1.165, 1.54) is 24.3 Å². The van der Waals surface area contributed by atoms with Gasteiger partial charge in [0.15, 0.2) is 0 Å². The first-order valence-electron chi connectivity index (χ1n) is 9.13. The summed E-state index contributed by atoms with van der Waals surface area (Å²) in [5.41, 5.74) is 1.33. The van der Waals surface area contributed by atoms with Crippen molar-refractivity contribution in [3.05, 3.63) is 59.9 Å². The molecular formula is C20H20FN5O2. The van der Waals surface area contributed by atoms with Gasteiger partial charge >= 0.3 is 0 Å². The van der Waals surface area contributed by atoms with Gasteiger partial charge in [0.25, 0.3) is 5.91 Å². The van der Waals surface area contributed by atoms with E-state index in [0.29, 0.717) is 24.5 Å². The van der Waals surface area contributed by atoms with E-state index in [1.807, 2.05) is 24.3 Å². The number of aromatic nitrogens is 4. The molecule has 0 N–H and O–H groups in total. The molecule has 7 nitrogen and oxygen atoms in total. The fraction of sp³-hybridized carbons (Fsp3) is 0.300. The van der Waals surface area contributed by atoms with Crippen LogP contribution in [0, 0.1) is 5.82 Å². The average molecular weight is 381 g/mol. The molecular weight excluding hydrogens is 361 g/mol. The number of hydrogen-bond acceptors (Lipinski definition) is 5. The molecule has 0 unspecified atom stereocenters. The van der Waals surface area contributed by atoms with Gasteiger partial charge in [-0.2, -0.15) is 4.80 Å². The van der Waals surface area contributed by atoms with Crippen LogP contribution >= 0.6 is 0 Å². The number of rotatable bonds is 4. The lowest BCUT2D eigenvalue weighted by Gasteiger charge is -2.31. The minimum Gasteiger partial charge on any atom is -0.497 e. The molecule has 8 heteroatoms. The third-order valence-electron chi connectivity index (χ3n) is 4.88. The summed E-state index contributed by atoms with van der Waals surface area (Å²) in [7, 11) is 1.62. The van der Waals surface area contributed by atoms with Gasteiger partial charge in [0, 0.05) is 24.2 Å². The van der Waals surface area contributed by atoms with Crippen molar-refractivity contribution < 1.29 is 13.9 Å². The maximum absolute atomic E-state index is 13.1. The molecule has 1 aliphatic heterocycles. The Bertz CT molecular complexity index is 955. The second kappa shape index (κ2) is 7.75. The molecule has 0 spiro atoms. The Morgan fingerprint density at radius 1 is 1.14 bits per heavy atom. The summed E-state index contributed by atoms with van der Waals surface area (Å²) in [6.45, 7) is 1.15. The van der Waals surface area contributed by atoms with Crippen LogP contribution in [-0.4, -0.2) is 51.2 Å². The number of halogens is 1. The monoisotopic (exact) mass is 381 g/mol. The Kier molecular flexibility index (Phi) is 5.01. The molecule has 4 rings (SSSR count). The Balaban J connectivity index is 1.48. The van der Waals surface area contributed by atoms with Crippen molar-refractivity contribution in [2.75, 3.05) is 20.2 Å². The highest BCUT2D eigenvalue weighted by Crippen LogP contribution is 2.23. The molecule has 28 heavy (non-hydrogen) atoms. The fourth-order valence-corrected chi connectivity index (χ4v) is 3.34. The van der Waals surface area contributed by atoms with Crippen LogP contribution in [0.15, 0.2) is 48.5 Å². The van der Waals surface area contributed by atoms with Gasteiger partial charge in [-0.15, -0.1) is 10.2 Å². The van der Waals surface area contributed by atoms with Crippen molar-refractivity contribution in [3.63, 3.8) is 0 Å². The number of amides is 1. The quantitative estimate of drug-likeness (QED) is 0.695. The highest BCUT2D eigenvalue weighted by Gasteiger charge is 2.27. The zero-order valence-electron chi connectivity index (χ0n) is 15.5. The fourth-order valence-electron chi connectivity index (χ4n) is 3.34. The lowest BCUT2D eigenvalue weighted by molar-refractivity contribution is 0.0663. The van der Waals surface area contributed by atoms with E-state index in [0.717, 1.165) is 24.2 Å². The van der Waals surface area contributed by atoms with E-state index in [4.69, 9.17) is 4.74 Å². The molecule has 1 amide bonds. The Morgan fingerprint density at radius 2 is 1.89 bits per heavy atom. The van der Waals surface area contributed by atoms with E-state index in [2.05, 4.69) is 15.4 Å². The zero-order valence-corrected chi connectivity index (χ0v) is 15.5. The van der Waals surface area contributed by atoms with Crippen molar-refractivity contribution in [1.29, 1.82) is 0 Å². The van der Waals surface area contributed by atoms with Crippen molar-refractivity contribution in [3.8, 4) is 17.1 Å². The Labute approximate surface area is 161 Å². The molecule has 3 aromatic rings. The minimum atomic E-state index is -0.356. The molecule has 0 bridgehead atoms. The number of ether oxygens (including phenoxy) is 1. The maximum atomic E-state index is 13.1. The summed E-state index contributed by atoms with van der Waals surface area (Å²) in [6, 6.07) is 13.0. The van der Waals surface area contributed by atoms with E-state index in [-0.39, 0.29) is 17.8 Å². The minimum absolute atomic E-state index is 0.0438. The predicted molar refractivity (Wildman–Crippen MR) is 100 cm³/mol. The normalized spacial score (nSPS) is 16.8. The number of tetrazole rings is 1. The van der Waals surface area contributed by atoms with Gasteiger partial charge in [-0.05, 0) is 66.6 Å². The summed E-state index contributed by atoms with van der Waals surface area (Å²) in [4.78, 5) is 16.0. The Hall–Kier alpha value is -3.29. The number of hydrogen-bond donors (Lipinski definition) is 0.